The van der Waals surface area contributed by atoms with Crippen molar-refractivity contribution in [1.29, 1.82) is 0 Å². The van der Waals surface area contributed by atoms with E-state index >= 15 is 0 Å². The van der Waals surface area contributed by atoms with Crippen LogP contribution >= 0.6 is 0 Å². The zero-order valence-electron chi connectivity index (χ0n) is 15.7. The van der Waals surface area contributed by atoms with E-state index in [0.717, 1.165) is 32.5 Å². The second kappa shape index (κ2) is 6.68. The largest absolute Gasteiger partial charge is 0.361 e. The number of piperazine rings is 1. The van der Waals surface area contributed by atoms with Crippen LogP contribution in [0.5, 0.6) is 0 Å². The minimum Gasteiger partial charge on any atom is -0.361 e. The standard InChI is InChI=1S/C19H28N4O3/c1-14-11-16(20-26-14)18(25)23-10-9-21(2)19(13-23)6-5-17(24)22(8-7-19)12-15-3-4-15/h11,15H,3-10,12-13H2,1-2H3/t19-/m1/s1. The van der Waals surface area contributed by atoms with E-state index < -0.39 is 0 Å². The van der Waals surface area contributed by atoms with E-state index in [1.54, 1.807) is 13.0 Å². The fraction of sp³-hybridized carbons (Fsp3) is 0.737. The predicted molar refractivity (Wildman–Crippen MR) is 95.7 cm³/mol. The van der Waals surface area contributed by atoms with Gasteiger partial charge in [0.05, 0.1) is 0 Å². The minimum absolute atomic E-state index is 0.0697. The Labute approximate surface area is 154 Å². The van der Waals surface area contributed by atoms with Crippen molar-refractivity contribution >= 4 is 11.8 Å². The monoisotopic (exact) mass is 360 g/mol. The molecule has 2 aliphatic heterocycles. The number of hydrogen-bond acceptors (Lipinski definition) is 5. The highest BCUT2D eigenvalue weighted by Gasteiger charge is 2.44. The molecule has 1 aromatic rings. The summed E-state index contributed by atoms with van der Waals surface area (Å²) in [5.41, 5.74) is 0.253. The fourth-order valence-corrected chi connectivity index (χ4v) is 4.30. The molecule has 0 bridgehead atoms. The first kappa shape index (κ1) is 17.5. The summed E-state index contributed by atoms with van der Waals surface area (Å²) in [6.07, 6.45) is 4.82. The topological polar surface area (TPSA) is 69.9 Å². The highest BCUT2D eigenvalue weighted by Crippen LogP contribution is 2.35. The van der Waals surface area contributed by atoms with Crippen molar-refractivity contribution in [2.45, 2.75) is 44.6 Å². The van der Waals surface area contributed by atoms with Crippen LogP contribution in [0, 0.1) is 12.8 Å². The van der Waals surface area contributed by atoms with Gasteiger partial charge < -0.3 is 14.3 Å². The van der Waals surface area contributed by atoms with Crippen LogP contribution in [-0.2, 0) is 4.79 Å². The van der Waals surface area contributed by atoms with Crippen LogP contribution < -0.4 is 0 Å². The summed E-state index contributed by atoms with van der Waals surface area (Å²) in [4.78, 5) is 31.7. The molecular weight excluding hydrogens is 332 g/mol. The third-order valence-electron chi connectivity index (χ3n) is 6.31. The summed E-state index contributed by atoms with van der Waals surface area (Å²) in [5.74, 6) is 1.57. The molecule has 0 aromatic carbocycles. The molecule has 0 radical (unpaired) electrons. The van der Waals surface area contributed by atoms with Crippen LogP contribution in [0.2, 0.25) is 0 Å². The van der Waals surface area contributed by atoms with E-state index in [1.165, 1.54) is 12.8 Å². The van der Waals surface area contributed by atoms with Crippen LogP contribution in [0.25, 0.3) is 0 Å². The molecule has 1 aromatic heterocycles. The van der Waals surface area contributed by atoms with E-state index in [2.05, 4.69) is 22.0 Å². The Kier molecular flexibility index (Phi) is 4.50. The molecule has 3 heterocycles. The molecule has 1 saturated carbocycles. The highest BCUT2D eigenvalue weighted by molar-refractivity contribution is 5.92. The quantitative estimate of drug-likeness (QED) is 0.818. The first-order valence-electron chi connectivity index (χ1n) is 9.68. The van der Waals surface area contributed by atoms with Crippen LogP contribution in [-0.4, -0.2) is 77.0 Å². The summed E-state index contributed by atoms with van der Waals surface area (Å²) < 4.78 is 5.07. The second-order valence-corrected chi connectivity index (χ2v) is 8.23. The molecule has 4 rings (SSSR count). The van der Waals surface area contributed by atoms with Crippen molar-refractivity contribution in [3.8, 4) is 0 Å². The van der Waals surface area contributed by atoms with Crippen molar-refractivity contribution in [3.05, 3.63) is 17.5 Å². The van der Waals surface area contributed by atoms with Gasteiger partial charge in [0.15, 0.2) is 5.69 Å². The molecule has 2 saturated heterocycles. The summed E-state index contributed by atoms with van der Waals surface area (Å²) >= 11 is 0. The number of amides is 2. The number of aromatic nitrogens is 1. The third kappa shape index (κ3) is 3.37. The van der Waals surface area contributed by atoms with Crippen LogP contribution in [0.3, 0.4) is 0 Å². The number of likely N-dealkylation sites (N-methyl/N-ethyl adjacent to an activating group) is 1. The van der Waals surface area contributed by atoms with Gasteiger partial charge >= 0.3 is 0 Å². The van der Waals surface area contributed by atoms with Crippen LogP contribution in [0.4, 0.5) is 0 Å². The van der Waals surface area contributed by atoms with Crippen molar-refractivity contribution in [1.82, 2.24) is 19.9 Å². The fourth-order valence-electron chi connectivity index (χ4n) is 4.30. The van der Waals surface area contributed by atoms with Gasteiger partial charge in [0.2, 0.25) is 5.91 Å². The minimum atomic E-state index is -0.124. The molecule has 7 heteroatoms. The Hall–Kier alpha value is -1.89. The summed E-state index contributed by atoms with van der Waals surface area (Å²) in [7, 11) is 2.13. The maximum Gasteiger partial charge on any atom is 0.276 e. The SMILES string of the molecule is Cc1cc(C(=O)N2CCN(C)[C@@]3(CCC(=O)N(CC4CC4)CC3)C2)no1. The first-order chi connectivity index (χ1) is 12.5. The predicted octanol–water partition coefficient (Wildman–Crippen LogP) is 1.53. The lowest BCUT2D eigenvalue weighted by Crippen LogP contribution is -2.62. The number of carbonyl (C=O) groups is 2. The Bertz CT molecular complexity index is 699. The number of aryl methyl sites for hydroxylation is 1. The number of hydrogen-bond donors (Lipinski definition) is 0. The van der Waals surface area contributed by atoms with Gasteiger partial charge in [-0.15, -0.1) is 0 Å². The van der Waals surface area contributed by atoms with E-state index in [1.807, 2.05) is 4.90 Å². The molecule has 0 N–H and O–H groups in total. The Balaban J connectivity index is 1.48. The van der Waals surface area contributed by atoms with Crippen molar-refractivity contribution in [2.24, 2.45) is 5.92 Å². The average molecular weight is 360 g/mol. The molecule has 26 heavy (non-hydrogen) atoms. The lowest BCUT2D eigenvalue weighted by molar-refractivity contribution is -0.130. The van der Waals surface area contributed by atoms with Gasteiger partial charge in [0, 0.05) is 50.7 Å². The second-order valence-electron chi connectivity index (χ2n) is 8.23. The van der Waals surface area contributed by atoms with Crippen LogP contribution in [0.15, 0.2) is 10.6 Å². The van der Waals surface area contributed by atoms with Crippen LogP contribution in [0.1, 0.15) is 48.4 Å². The Morgan fingerprint density at radius 3 is 2.81 bits per heavy atom. The summed E-state index contributed by atoms with van der Waals surface area (Å²) in [6.45, 7) is 5.66. The third-order valence-corrected chi connectivity index (χ3v) is 6.31. The lowest BCUT2D eigenvalue weighted by Gasteiger charge is -2.49. The van der Waals surface area contributed by atoms with Gasteiger partial charge in [-0.1, -0.05) is 5.16 Å². The summed E-state index contributed by atoms with van der Waals surface area (Å²) in [6, 6.07) is 1.70. The number of carbonyl (C=O) groups excluding carboxylic acids is 2. The maximum atomic E-state index is 12.8. The molecule has 1 aliphatic carbocycles. The first-order valence-corrected chi connectivity index (χ1v) is 9.68. The Morgan fingerprint density at radius 1 is 1.31 bits per heavy atom. The van der Waals surface area contributed by atoms with Gasteiger partial charge in [-0.25, -0.2) is 0 Å². The Morgan fingerprint density at radius 2 is 2.12 bits per heavy atom. The molecule has 7 nitrogen and oxygen atoms in total. The van der Waals surface area contributed by atoms with Gasteiger partial charge in [-0.2, -0.15) is 0 Å². The van der Waals surface area contributed by atoms with Gasteiger partial charge in [0.25, 0.3) is 5.91 Å². The molecule has 1 spiro atoms. The zero-order valence-corrected chi connectivity index (χ0v) is 15.7. The van der Waals surface area contributed by atoms with Gasteiger partial charge in [-0.3, -0.25) is 14.5 Å². The zero-order chi connectivity index (χ0) is 18.3. The normalized spacial score (nSPS) is 27.8. The number of rotatable bonds is 3. The summed E-state index contributed by atoms with van der Waals surface area (Å²) in [5, 5.41) is 3.88. The molecule has 2 amide bonds. The molecule has 0 unspecified atom stereocenters. The van der Waals surface area contributed by atoms with Crippen molar-refractivity contribution in [3.63, 3.8) is 0 Å². The molecule has 3 fully saturated rings. The van der Waals surface area contributed by atoms with Crippen molar-refractivity contribution < 1.29 is 14.1 Å². The highest BCUT2D eigenvalue weighted by atomic mass is 16.5. The molecule has 142 valence electrons. The smallest absolute Gasteiger partial charge is 0.276 e. The van der Waals surface area contributed by atoms with E-state index in [4.69, 9.17) is 4.52 Å². The van der Waals surface area contributed by atoms with E-state index in [-0.39, 0.29) is 17.4 Å². The average Bonchev–Trinajstić information content (AvgIpc) is 3.37. The number of likely N-dealkylation sites (tertiary alicyclic amines) is 1. The van der Waals surface area contributed by atoms with Gasteiger partial charge in [-0.05, 0) is 45.6 Å². The molecule has 3 aliphatic rings. The van der Waals surface area contributed by atoms with Crippen molar-refractivity contribution in [2.75, 3.05) is 39.8 Å². The van der Waals surface area contributed by atoms with Gasteiger partial charge in [0.1, 0.15) is 5.76 Å². The molecular formula is C19H28N4O3. The lowest BCUT2D eigenvalue weighted by atomic mass is 9.86. The van der Waals surface area contributed by atoms with E-state index in [0.29, 0.717) is 36.9 Å². The van der Waals surface area contributed by atoms with E-state index in [9.17, 15) is 9.59 Å². The number of nitrogens with zero attached hydrogens (tertiary/aromatic N) is 4. The molecule has 1 atom stereocenters. The maximum absolute atomic E-state index is 12.8.